The maximum absolute atomic E-state index is 11.9. The fourth-order valence-electron chi connectivity index (χ4n) is 2.06. The molecule has 1 amide bonds. The smallest absolute Gasteiger partial charge is 0.401 e. The molecule has 2 aromatic rings. The van der Waals surface area contributed by atoms with Gasteiger partial charge in [-0.25, -0.2) is 4.31 Å². The number of nitrogens with one attached hydrogen (secondary N) is 1. The van der Waals surface area contributed by atoms with Crippen LogP contribution in [0, 0.1) is 6.92 Å². The molecule has 0 aromatic heterocycles. The summed E-state index contributed by atoms with van der Waals surface area (Å²) in [4.78, 5) is 41.5. The van der Waals surface area contributed by atoms with Crippen LogP contribution in [0.1, 0.15) is 21.5 Å². The van der Waals surface area contributed by atoms with Crippen LogP contribution in [-0.2, 0) is 25.0 Å². The molecule has 0 saturated carbocycles. The monoisotopic (exact) mass is 441 g/mol. The zero-order valence-corrected chi connectivity index (χ0v) is 17.3. The van der Waals surface area contributed by atoms with Gasteiger partial charge in [0.15, 0.2) is 0 Å². The first-order valence-electron chi connectivity index (χ1n) is 8.44. The van der Waals surface area contributed by atoms with Crippen molar-refractivity contribution in [2.75, 3.05) is 13.2 Å². The highest BCUT2D eigenvalue weighted by atomic mass is 31.2. The number of hydrogen-bond donors (Lipinski definition) is 3. The molecule has 0 saturated heterocycles. The van der Waals surface area contributed by atoms with E-state index in [-0.39, 0.29) is 25.7 Å². The van der Waals surface area contributed by atoms with Crippen molar-refractivity contribution in [1.82, 2.24) is 5.32 Å². The summed E-state index contributed by atoms with van der Waals surface area (Å²) in [5.41, 5.74) is 2.32. The summed E-state index contributed by atoms with van der Waals surface area (Å²) < 4.78 is 19.7. The molecular formula is C18H21NO8P2. The molecule has 0 bridgehead atoms. The lowest BCUT2D eigenvalue weighted by Crippen LogP contribution is -2.26. The van der Waals surface area contributed by atoms with Crippen molar-refractivity contribution < 1.29 is 37.5 Å². The van der Waals surface area contributed by atoms with Crippen LogP contribution < -0.4 is 9.84 Å². The fraction of sp³-hybridized carbons (Fsp3) is 0.222. The number of amides is 1. The third-order valence-corrected chi connectivity index (χ3v) is 5.36. The van der Waals surface area contributed by atoms with Gasteiger partial charge >= 0.3 is 17.2 Å². The highest BCUT2D eigenvalue weighted by Crippen LogP contribution is 2.49. The number of aryl methyl sites for hydroxylation is 1. The highest BCUT2D eigenvalue weighted by Gasteiger charge is 2.18. The molecular weight excluding hydrogens is 420 g/mol. The minimum Gasteiger partial charge on any atom is -0.463 e. The van der Waals surface area contributed by atoms with Crippen LogP contribution in [0.5, 0.6) is 5.75 Å². The van der Waals surface area contributed by atoms with Gasteiger partial charge in [0, 0.05) is 12.1 Å². The van der Waals surface area contributed by atoms with Gasteiger partial charge in [-0.1, -0.05) is 29.8 Å². The number of benzene rings is 2. The molecule has 0 aliphatic rings. The van der Waals surface area contributed by atoms with Crippen molar-refractivity contribution in [2.24, 2.45) is 0 Å². The third kappa shape index (κ3) is 8.83. The van der Waals surface area contributed by atoms with E-state index in [2.05, 4.69) is 10.1 Å². The molecule has 0 radical (unpaired) electrons. The van der Waals surface area contributed by atoms with Crippen LogP contribution in [-0.4, -0.2) is 35.3 Å². The predicted molar refractivity (Wildman–Crippen MR) is 107 cm³/mol. The molecule has 29 heavy (non-hydrogen) atoms. The summed E-state index contributed by atoms with van der Waals surface area (Å²) in [6, 6.07) is 13.5. The first-order valence-corrected chi connectivity index (χ1v) is 10.7. The van der Waals surface area contributed by atoms with Gasteiger partial charge in [-0.3, -0.25) is 9.59 Å². The van der Waals surface area contributed by atoms with Gasteiger partial charge in [0.1, 0.15) is 12.4 Å². The largest absolute Gasteiger partial charge is 0.463 e. The Morgan fingerprint density at radius 2 is 1.76 bits per heavy atom. The van der Waals surface area contributed by atoms with Crippen LogP contribution in [0.15, 0.2) is 48.5 Å². The predicted octanol–water partition coefficient (Wildman–Crippen LogP) is 2.95. The van der Waals surface area contributed by atoms with E-state index in [1.54, 1.807) is 36.4 Å². The highest BCUT2D eigenvalue weighted by molar-refractivity contribution is 7.54. The fourth-order valence-corrected chi connectivity index (χ4v) is 3.41. The number of ether oxygens (including phenoxy) is 1. The maximum Gasteiger partial charge on any atom is 0.401 e. The van der Waals surface area contributed by atoms with Crippen molar-refractivity contribution >= 4 is 29.6 Å². The van der Waals surface area contributed by atoms with Crippen LogP contribution in [0.3, 0.4) is 0 Å². The Balaban J connectivity index is 1.64. The molecule has 0 aliphatic heterocycles. The summed E-state index contributed by atoms with van der Waals surface area (Å²) in [6.45, 7) is 2.56. The second-order valence-corrected chi connectivity index (χ2v) is 7.70. The molecule has 2 aromatic carbocycles. The minimum absolute atomic E-state index is 0.00555. The molecule has 9 nitrogen and oxygen atoms in total. The Morgan fingerprint density at radius 1 is 1.07 bits per heavy atom. The van der Waals surface area contributed by atoms with Gasteiger partial charge in [0.25, 0.3) is 12.4 Å². The van der Waals surface area contributed by atoms with E-state index in [0.29, 0.717) is 17.8 Å². The molecule has 2 unspecified atom stereocenters. The molecule has 11 heteroatoms. The normalized spacial score (nSPS) is 12.7. The topological polar surface area (TPSA) is 124 Å². The van der Waals surface area contributed by atoms with E-state index in [1.165, 1.54) is 0 Å². The van der Waals surface area contributed by atoms with Gasteiger partial charge in [0.2, 0.25) is 0 Å². The third-order valence-electron chi connectivity index (χ3n) is 3.47. The average molecular weight is 441 g/mol. The standard InChI is InChI=1S/C18H21NO8P2/c1-14-2-6-16(7-3-14)18(21)19-10-11-25-28(22)27-29(23)26-17-8-4-15(5-9-17)12-24-13-20/h2-9,13,22-23H,10-12H2,1H3,(H,19,21). The SMILES string of the molecule is Cc1ccc(C(=O)NCCOP(O)OP(O)Oc2ccc(COC=O)cc2)cc1. The van der Waals surface area contributed by atoms with E-state index in [0.717, 1.165) is 11.1 Å². The van der Waals surface area contributed by atoms with Crippen LogP contribution in [0.4, 0.5) is 0 Å². The van der Waals surface area contributed by atoms with Crippen molar-refractivity contribution in [1.29, 1.82) is 0 Å². The Hall–Kier alpha value is -2.12. The van der Waals surface area contributed by atoms with E-state index in [4.69, 9.17) is 13.4 Å². The van der Waals surface area contributed by atoms with E-state index >= 15 is 0 Å². The lowest BCUT2D eigenvalue weighted by atomic mass is 10.1. The van der Waals surface area contributed by atoms with Crippen LogP contribution in [0.25, 0.3) is 0 Å². The zero-order chi connectivity index (χ0) is 21.1. The van der Waals surface area contributed by atoms with Gasteiger partial charge in [-0.15, -0.1) is 0 Å². The van der Waals surface area contributed by atoms with Crippen LogP contribution >= 0.6 is 17.2 Å². The second kappa shape index (κ2) is 12.4. The first-order chi connectivity index (χ1) is 14.0. The molecule has 0 spiro atoms. The van der Waals surface area contributed by atoms with Gasteiger partial charge in [-0.2, -0.15) is 0 Å². The molecule has 0 aliphatic carbocycles. The molecule has 0 heterocycles. The van der Waals surface area contributed by atoms with Gasteiger partial charge < -0.3 is 28.9 Å². The van der Waals surface area contributed by atoms with Crippen molar-refractivity contribution in [3.8, 4) is 5.75 Å². The average Bonchev–Trinajstić information content (AvgIpc) is 2.71. The quantitative estimate of drug-likeness (QED) is 0.261. The van der Waals surface area contributed by atoms with E-state index in [9.17, 15) is 19.4 Å². The Morgan fingerprint density at radius 3 is 2.41 bits per heavy atom. The summed E-state index contributed by atoms with van der Waals surface area (Å²) in [5.74, 6) is 0.0498. The van der Waals surface area contributed by atoms with E-state index < -0.39 is 17.2 Å². The summed E-state index contributed by atoms with van der Waals surface area (Å²) in [6.07, 6.45) is 0. The minimum atomic E-state index is -2.41. The zero-order valence-electron chi connectivity index (χ0n) is 15.6. The summed E-state index contributed by atoms with van der Waals surface area (Å²) in [7, 11) is -4.79. The lowest BCUT2D eigenvalue weighted by Gasteiger charge is -2.15. The van der Waals surface area contributed by atoms with Gasteiger partial charge in [-0.05, 0) is 36.8 Å². The van der Waals surface area contributed by atoms with Crippen LogP contribution in [0.2, 0.25) is 0 Å². The van der Waals surface area contributed by atoms with Gasteiger partial charge in [0.05, 0.1) is 6.61 Å². The van der Waals surface area contributed by atoms with E-state index in [1.807, 2.05) is 19.1 Å². The summed E-state index contributed by atoms with van der Waals surface area (Å²) >= 11 is 0. The maximum atomic E-state index is 11.9. The summed E-state index contributed by atoms with van der Waals surface area (Å²) in [5, 5.41) is 2.65. The van der Waals surface area contributed by atoms with Crippen molar-refractivity contribution in [3.05, 3.63) is 65.2 Å². The Labute approximate surface area is 170 Å². The molecule has 2 atom stereocenters. The number of carbonyl (C=O) groups is 2. The first kappa shape index (κ1) is 23.2. The number of rotatable bonds is 12. The van der Waals surface area contributed by atoms with Crippen molar-refractivity contribution in [3.63, 3.8) is 0 Å². The molecule has 3 N–H and O–H groups in total. The number of carbonyl (C=O) groups excluding carboxylic acids is 2. The Kier molecular flexibility index (Phi) is 9.94. The molecule has 0 fully saturated rings. The molecule has 156 valence electrons. The second-order valence-electron chi connectivity index (χ2n) is 5.65. The number of hydrogen-bond acceptors (Lipinski definition) is 8. The van der Waals surface area contributed by atoms with Crippen molar-refractivity contribution in [2.45, 2.75) is 13.5 Å². The Bertz CT molecular complexity index is 772. The molecule has 2 rings (SSSR count). The lowest BCUT2D eigenvalue weighted by molar-refractivity contribution is -0.129.